The van der Waals surface area contributed by atoms with Crippen molar-refractivity contribution in [1.29, 1.82) is 0 Å². The zero-order valence-corrected chi connectivity index (χ0v) is 13.1. The van der Waals surface area contributed by atoms with Gasteiger partial charge in [0.25, 0.3) is 0 Å². The van der Waals surface area contributed by atoms with E-state index in [-0.39, 0.29) is 0 Å². The van der Waals surface area contributed by atoms with Crippen LogP contribution in [0, 0.1) is 5.92 Å². The Hall–Kier alpha value is -0.900. The van der Waals surface area contributed by atoms with Gasteiger partial charge in [0.1, 0.15) is 0 Å². The SMILES string of the molecule is COC1CCN(Cc2cccc(CNCC(C)C)c2)C1. The molecular formula is C17H28N2O. The number of benzene rings is 1. The van der Waals surface area contributed by atoms with Crippen LogP contribution in [0.25, 0.3) is 0 Å². The second kappa shape index (κ2) is 7.77. The first kappa shape index (κ1) is 15.5. The molecule has 20 heavy (non-hydrogen) atoms. The van der Waals surface area contributed by atoms with Gasteiger partial charge >= 0.3 is 0 Å². The molecule has 1 saturated heterocycles. The van der Waals surface area contributed by atoms with Crippen LogP contribution < -0.4 is 5.32 Å². The van der Waals surface area contributed by atoms with Gasteiger partial charge in [0.05, 0.1) is 6.10 Å². The van der Waals surface area contributed by atoms with Gasteiger partial charge in [-0.15, -0.1) is 0 Å². The van der Waals surface area contributed by atoms with Crippen LogP contribution in [-0.2, 0) is 17.8 Å². The van der Waals surface area contributed by atoms with E-state index in [0.29, 0.717) is 12.0 Å². The third-order valence-electron chi connectivity index (χ3n) is 3.84. The summed E-state index contributed by atoms with van der Waals surface area (Å²) >= 11 is 0. The Bertz CT molecular complexity index is 406. The van der Waals surface area contributed by atoms with Crippen LogP contribution in [0.3, 0.4) is 0 Å². The molecule has 0 saturated carbocycles. The van der Waals surface area contributed by atoms with E-state index in [1.165, 1.54) is 11.1 Å². The van der Waals surface area contributed by atoms with Crippen molar-refractivity contribution in [2.75, 3.05) is 26.7 Å². The lowest BCUT2D eigenvalue weighted by Gasteiger charge is -2.16. The topological polar surface area (TPSA) is 24.5 Å². The minimum absolute atomic E-state index is 0.422. The van der Waals surface area contributed by atoms with Crippen molar-refractivity contribution < 1.29 is 4.74 Å². The van der Waals surface area contributed by atoms with E-state index in [2.05, 4.69) is 48.3 Å². The molecule has 1 aromatic rings. The number of hydrogen-bond donors (Lipinski definition) is 1. The summed E-state index contributed by atoms with van der Waals surface area (Å²) in [6, 6.07) is 8.93. The summed E-state index contributed by atoms with van der Waals surface area (Å²) < 4.78 is 5.43. The van der Waals surface area contributed by atoms with E-state index in [4.69, 9.17) is 4.74 Å². The Morgan fingerprint density at radius 2 is 2.15 bits per heavy atom. The molecule has 0 radical (unpaired) electrons. The van der Waals surface area contributed by atoms with Crippen LogP contribution >= 0.6 is 0 Å². The Labute approximate surface area is 123 Å². The Balaban J connectivity index is 1.83. The van der Waals surface area contributed by atoms with Gasteiger partial charge in [-0.1, -0.05) is 38.1 Å². The van der Waals surface area contributed by atoms with Crippen molar-refractivity contribution in [3.05, 3.63) is 35.4 Å². The van der Waals surface area contributed by atoms with E-state index >= 15 is 0 Å². The van der Waals surface area contributed by atoms with Crippen molar-refractivity contribution in [1.82, 2.24) is 10.2 Å². The number of hydrogen-bond acceptors (Lipinski definition) is 3. The maximum atomic E-state index is 5.43. The largest absolute Gasteiger partial charge is 0.380 e. The molecule has 0 bridgehead atoms. The van der Waals surface area contributed by atoms with Crippen LogP contribution in [0.1, 0.15) is 31.4 Å². The van der Waals surface area contributed by atoms with Crippen LogP contribution in [0.5, 0.6) is 0 Å². The van der Waals surface area contributed by atoms with Crippen molar-refractivity contribution in [3.8, 4) is 0 Å². The molecule has 112 valence electrons. The summed E-state index contributed by atoms with van der Waals surface area (Å²) in [6.45, 7) is 9.77. The van der Waals surface area contributed by atoms with Gasteiger partial charge in [0, 0.05) is 33.3 Å². The fourth-order valence-electron chi connectivity index (χ4n) is 2.73. The Morgan fingerprint density at radius 1 is 1.35 bits per heavy atom. The normalized spacial score (nSPS) is 19.9. The maximum Gasteiger partial charge on any atom is 0.0710 e. The number of nitrogens with zero attached hydrogens (tertiary/aromatic N) is 1. The quantitative estimate of drug-likeness (QED) is 0.828. The van der Waals surface area contributed by atoms with E-state index in [1.807, 2.05) is 7.11 Å². The van der Waals surface area contributed by atoms with Gasteiger partial charge in [-0.25, -0.2) is 0 Å². The predicted octanol–water partition coefficient (Wildman–Crippen LogP) is 2.65. The Morgan fingerprint density at radius 3 is 2.85 bits per heavy atom. The summed E-state index contributed by atoms with van der Waals surface area (Å²) in [5.74, 6) is 0.703. The minimum Gasteiger partial charge on any atom is -0.380 e. The van der Waals surface area contributed by atoms with Crippen molar-refractivity contribution in [2.24, 2.45) is 5.92 Å². The van der Waals surface area contributed by atoms with Gasteiger partial charge in [0.15, 0.2) is 0 Å². The maximum absolute atomic E-state index is 5.43. The fourth-order valence-corrected chi connectivity index (χ4v) is 2.73. The molecular weight excluding hydrogens is 248 g/mol. The van der Waals surface area contributed by atoms with Gasteiger partial charge in [-0.3, -0.25) is 4.90 Å². The van der Waals surface area contributed by atoms with Gasteiger partial charge in [0.2, 0.25) is 0 Å². The van der Waals surface area contributed by atoms with Gasteiger partial charge in [-0.2, -0.15) is 0 Å². The van der Waals surface area contributed by atoms with Gasteiger partial charge < -0.3 is 10.1 Å². The van der Waals surface area contributed by atoms with Crippen LogP contribution in [-0.4, -0.2) is 37.7 Å². The summed E-state index contributed by atoms with van der Waals surface area (Å²) in [5.41, 5.74) is 2.79. The van der Waals surface area contributed by atoms with E-state index in [0.717, 1.165) is 39.1 Å². The van der Waals surface area contributed by atoms with E-state index in [1.54, 1.807) is 0 Å². The minimum atomic E-state index is 0.422. The monoisotopic (exact) mass is 276 g/mol. The molecule has 1 heterocycles. The third-order valence-corrected chi connectivity index (χ3v) is 3.84. The highest BCUT2D eigenvalue weighted by Crippen LogP contribution is 2.16. The molecule has 3 nitrogen and oxygen atoms in total. The van der Waals surface area contributed by atoms with E-state index < -0.39 is 0 Å². The van der Waals surface area contributed by atoms with Gasteiger partial charge in [-0.05, 0) is 30.0 Å². The molecule has 3 heteroatoms. The summed E-state index contributed by atoms with van der Waals surface area (Å²) in [7, 11) is 1.81. The second-order valence-electron chi connectivity index (χ2n) is 6.23. The molecule has 1 aliphatic heterocycles. The first-order chi connectivity index (χ1) is 9.67. The molecule has 0 amide bonds. The average Bonchev–Trinajstić information content (AvgIpc) is 2.86. The number of rotatable bonds is 7. The molecule has 1 fully saturated rings. The summed E-state index contributed by atoms with van der Waals surface area (Å²) in [5, 5.41) is 3.50. The Kier molecular flexibility index (Phi) is 6.02. The summed E-state index contributed by atoms with van der Waals surface area (Å²) in [6.07, 6.45) is 1.58. The standard InChI is InChI=1S/C17H28N2O/c1-14(2)10-18-11-15-5-4-6-16(9-15)12-19-8-7-17(13-19)20-3/h4-6,9,14,17-18H,7-8,10-13H2,1-3H3. The molecule has 1 aromatic carbocycles. The molecule has 1 atom stereocenters. The van der Waals surface area contributed by atoms with Crippen molar-refractivity contribution >= 4 is 0 Å². The average molecular weight is 276 g/mol. The molecule has 1 aliphatic rings. The highest BCUT2D eigenvalue weighted by molar-refractivity contribution is 5.23. The number of nitrogens with one attached hydrogen (secondary N) is 1. The molecule has 2 rings (SSSR count). The highest BCUT2D eigenvalue weighted by Gasteiger charge is 2.21. The van der Waals surface area contributed by atoms with E-state index in [9.17, 15) is 0 Å². The number of methoxy groups -OCH3 is 1. The van der Waals surface area contributed by atoms with Crippen LogP contribution in [0.4, 0.5) is 0 Å². The van der Waals surface area contributed by atoms with Crippen LogP contribution in [0.2, 0.25) is 0 Å². The lowest BCUT2D eigenvalue weighted by molar-refractivity contribution is 0.107. The molecule has 1 unspecified atom stereocenters. The first-order valence-electron chi connectivity index (χ1n) is 7.71. The predicted molar refractivity (Wildman–Crippen MR) is 83.7 cm³/mol. The van der Waals surface area contributed by atoms with Crippen LogP contribution in [0.15, 0.2) is 24.3 Å². The summed E-state index contributed by atoms with van der Waals surface area (Å²) in [4.78, 5) is 2.48. The van der Waals surface area contributed by atoms with Crippen molar-refractivity contribution in [2.45, 2.75) is 39.5 Å². The smallest absolute Gasteiger partial charge is 0.0710 e. The number of likely N-dealkylation sites (tertiary alicyclic amines) is 1. The second-order valence-corrected chi connectivity index (χ2v) is 6.23. The highest BCUT2D eigenvalue weighted by atomic mass is 16.5. The fraction of sp³-hybridized carbons (Fsp3) is 0.647. The number of ether oxygens (including phenoxy) is 1. The first-order valence-corrected chi connectivity index (χ1v) is 7.71. The molecule has 0 aliphatic carbocycles. The lowest BCUT2D eigenvalue weighted by atomic mass is 10.1. The molecule has 0 aromatic heterocycles. The van der Waals surface area contributed by atoms with Crippen molar-refractivity contribution in [3.63, 3.8) is 0 Å². The molecule has 0 spiro atoms. The lowest BCUT2D eigenvalue weighted by Crippen LogP contribution is -2.22. The molecule has 1 N–H and O–H groups in total. The zero-order chi connectivity index (χ0) is 14.4. The zero-order valence-electron chi connectivity index (χ0n) is 13.1. The third kappa shape index (κ3) is 4.89.